The lowest BCUT2D eigenvalue weighted by atomic mass is 10.1. The number of rotatable bonds is 6. The highest BCUT2D eigenvalue weighted by atomic mass is 16.5. The van der Waals surface area contributed by atoms with E-state index >= 15 is 0 Å². The zero-order chi connectivity index (χ0) is 15.0. The number of benzene rings is 1. The summed E-state index contributed by atoms with van der Waals surface area (Å²) in [6.07, 6.45) is 2.40. The average molecular weight is 274 g/mol. The molecule has 2 N–H and O–H groups in total. The Bertz CT molecular complexity index is 573. The van der Waals surface area contributed by atoms with E-state index in [9.17, 15) is 9.59 Å². The summed E-state index contributed by atoms with van der Waals surface area (Å²) in [5, 5.41) is 19.3. The van der Waals surface area contributed by atoms with Crippen molar-refractivity contribution in [1.82, 2.24) is 5.32 Å². The molecule has 0 aliphatic heterocycles. The zero-order valence-corrected chi connectivity index (χ0v) is 10.9. The van der Waals surface area contributed by atoms with Crippen LogP contribution in [0.25, 0.3) is 6.08 Å². The van der Waals surface area contributed by atoms with Gasteiger partial charge in [-0.05, 0) is 18.6 Å². The fourth-order valence-corrected chi connectivity index (χ4v) is 1.49. The van der Waals surface area contributed by atoms with E-state index in [0.29, 0.717) is 11.3 Å². The van der Waals surface area contributed by atoms with Crippen molar-refractivity contribution in [2.45, 2.75) is 6.92 Å². The zero-order valence-electron chi connectivity index (χ0n) is 10.9. The molecule has 0 heterocycles. The van der Waals surface area contributed by atoms with Gasteiger partial charge in [-0.3, -0.25) is 4.79 Å². The van der Waals surface area contributed by atoms with Crippen LogP contribution >= 0.6 is 0 Å². The number of carboxylic acid groups (broad SMARTS) is 1. The SMILES string of the molecule is Cc1cccc(/C=C/C(=O)O)c1OCC(=O)NCC#N. The summed E-state index contributed by atoms with van der Waals surface area (Å²) in [5.74, 6) is -1.04. The minimum Gasteiger partial charge on any atom is -0.483 e. The maximum Gasteiger partial charge on any atom is 0.328 e. The van der Waals surface area contributed by atoms with Crippen LogP contribution in [0.5, 0.6) is 5.75 Å². The number of aliphatic carboxylic acids is 1. The van der Waals surface area contributed by atoms with Crippen molar-refractivity contribution in [3.63, 3.8) is 0 Å². The largest absolute Gasteiger partial charge is 0.483 e. The molecule has 1 aromatic carbocycles. The molecule has 0 spiro atoms. The van der Waals surface area contributed by atoms with Gasteiger partial charge < -0.3 is 15.2 Å². The smallest absolute Gasteiger partial charge is 0.328 e. The van der Waals surface area contributed by atoms with E-state index in [4.69, 9.17) is 15.1 Å². The van der Waals surface area contributed by atoms with Gasteiger partial charge in [0.05, 0.1) is 6.07 Å². The molecule has 6 heteroatoms. The maximum absolute atomic E-state index is 11.4. The first-order chi connectivity index (χ1) is 9.54. The minimum absolute atomic E-state index is 0.0816. The lowest BCUT2D eigenvalue weighted by Crippen LogP contribution is -2.29. The van der Waals surface area contributed by atoms with Crippen LogP contribution in [-0.4, -0.2) is 30.1 Å². The van der Waals surface area contributed by atoms with Crippen LogP contribution in [0.15, 0.2) is 24.3 Å². The Kier molecular flexibility index (Phi) is 5.78. The van der Waals surface area contributed by atoms with Crippen molar-refractivity contribution in [1.29, 1.82) is 5.26 Å². The molecule has 104 valence electrons. The number of nitriles is 1. The van der Waals surface area contributed by atoms with Crippen LogP contribution in [-0.2, 0) is 9.59 Å². The lowest BCUT2D eigenvalue weighted by molar-refractivity contribution is -0.131. The first kappa shape index (κ1) is 15.2. The molecule has 0 fully saturated rings. The molecule has 6 nitrogen and oxygen atoms in total. The number of carbonyl (C=O) groups is 2. The van der Waals surface area contributed by atoms with Gasteiger partial charge in [0.2, 0.25) is 0 Å². The summed E-state index contributed by atoms with van der Waals surface area (Å²) in [5.41, 5.74) is 1.35. The predicted molar refractivity (Wildman–Crippen MR) is 72.0 cm³/mol. The molecule has 1 aromatic rings. The fraction of sp³-hybridized carbons (Fsp3) is 0.214. The molecular formula is C14H14N2O4. The third-order valence-corrected chi connectivity index (χ3v) is 2.36. The summed E-state index contributed by atoms with van der Waals surface area (Å²) < 4.78 is 5.39. The van der Waals surface area contributed by atoms with Gasteiger partial charge in [0, 0.05) is 11.6 Å². The molecule has 20 heavy (non-hydrogen) atoms. The lowest BCUT2D eigenvalue weighted by Gasteiger charge is -2.11. The number of aryl methyl sites for hydroxylation is 1. The molecule has 0 aromatic heterocycles. The molecule has 0 aliphatic rings. The summed E-state index contributed by atoms with van der Waals surface area (Å²) in [6.45, 7) is 1.48. The van der Waals surface area contributed by atoms with Crippen molar-refractivity contribution >= 4 is 18.0 Å². The predicted octanol–water partition coefficient (Wildman–Crippen LogP) is 1.11. The van der Waals surface area contributed by atoms with Crippen molar-refractivity contribution in [3.05, 3.63) is 35.4 Å². The molecular weight excluding hydrogens is 260 g/mol. The van der Waals surface area contributed by atoms with Gasteiger partial charge >= 0.3 is 5.97 Å². The molecule has 0 atom stereocenters. The van der Waals surface area contributed by atoms with Gasteiger partial charge in [-0.1, -0.05) is 18.2 Å². The quantitative estimate of drug-likeness (QED) is 0.598. The van der Waals surface area contributed by atoms with Crippen LogP contribution in [0.3, 0.4) is 0 Å². The number of ether oxygens (including phenoxy) is 1. The second kappa shape index (κ2) is 7.59. The Morgan fingerprint density at radius 1 is 1.50 bits per heavy atom. The molecule has 1 amide bonds. The van der Waals surface area contributed by atoms with Crippen molar-refractivity contribution in [2.24, 2.45) is 0 Å². The summed E-state index contributed by atoms with van der Waals surface area (Å²) in [7, 11) is 0. The first-order valence-corrected chi connectivity index (χ1v) is 5.81. The van der Waals surface area contributed by atoms with E-state index in [1.807, 2.05) is 0 Å². The van der Waals surface area contributed by atoms with Crippen LogP contribution in [0.2, 0.25) is 0 Å². The Morgan fingerprint density at radius 3 is 2.90 bits per heavy atom. The van der Waals surface area contributed by atoms with Crippen LogP contribution < -0.4 is 10.1 Å². The Labute approximate surface area is 116 Å². The monoisotopic (exact) mass is 274 g/mol. The molecule has 0 unspecified atom stereocenters. The standard InChI is InChI=1S/C14H14N2O4/c1-10-3-2-4-11(5-6-13(18)19)14(10)20-9-12(17)16-8-7-15/h2-6H,8-9H2,1H3,(H,16,17)(H,18,19)/b6-5+. The number of carboxylic acids is 1. The Balaban J connectivity index is 2.80. The van der Waals surface area contributed by atoms with Gasteiger partial charge in [0.25, 0.3) is 5.91 Å². The fourth-order valence-electron chi connectivity index (χ4n) is 1.49. The number of para-hydroxylation sites is 1. The molecule has 0 radical (unpaired) electrons. The molecule has 1 rings (SSSR count). The number of nitrogens with zero attached hydrogens (tertiary/aromatic N) is 1. The Hall–Kier alpha value is -2.81. The van der Waals surface area contributed by atoms with Crippen molar-refractivity contribution < 1.29 is 19.4 Å². The third-order valence-electron chi connectivity index (χ3n) is 2.36. The molecule has 0 saturated carbocycles. The van der Waals surface area contributed by atoms with Crippen molar-refractivity contribution in [3.8, 4) is 11.8 Å². The van der Waals surface area contributed by atoms with Gasteiger partial charge in [-0.25, -0.2) is 4.79 Å². The number of hydrogen-bond donors (Lipinski definition) is 2. The highest BCUT2D eigenvalue weighted by Crippen LogP contribution is 2.24. The van der Waals surface area contributed by atoms with Gasteiger partial charge in [-0.15, -0.1) is 0 Å². The summed E-state index contributed by atoms with van der Waals surface area (Å²) in [4.78, 5) is 21.9. The normalized spacial score (nSPS) is 10.0. The number of carbonyl (C=O) groups excluding carboxylic acids is 1. The first-order valence-electron chi connectivity index (χ1n) is 5.81. The highest BCUT2D eigenvalue weighted by molar-refractivity contribution is 5.86. The van der Waals surface area contributed by atoms with Crippen LogP contribution in [0, 0.1) is 18.3 Å². The number of nitrogens with one attached hydrogen (secondary N) is 1. The summed E-state index contributed by atoms with van der Waals surface area (Å²) >= 11 is 0. The van der Waals surface area contributed by atoms with E-state index in [0.717, 1.165) is 11.6 Å². The van der Waals surface area contributed by atoms with E-state index in [1.165, 1.54) is 6.08 Å². The van der Waals surface area contributed by atoms with E-state index < -0.39 is 11.9 Å². The Morgan fingerprint density at radius 2 is 2.25 bits per heavy atom. The maximum atomic E-state index is 11.4. The van der Waals surface area contributed by atoms with Crippen LogP contribution in [0.4, 0.5) is 0 Å². The molecule has 0 aliphatic carbocycles. The highest BCUT2D eigenvalue weighted by Gasteiger charge is 2.08. The van der Waals surface area contributed by atoms with E-state index in [2.05, 4.69) is 5.32 Å². The van der Waals surface area contributed by atoms with Gasteiger partial charge in [0.1, 0.15) is 12.3 Å². The topological polar surface area (TPSA) is 99.4 Å². The number of amides is 1. The number of hydrogen-bond acceptors (Lipinski definition) is 4. The van der Waals surface area contributed by atoms with E-state index in [1.54, 1.807) is 31.2 Å². The summed E-state index contributed by atoms with van der Waals surface area (Å²) in [6, 6.07) is 7.03. The molecule has 0 saturated heterocycles. The minimum atomic E-state index is -1.07. The van der Waals surface area contributed by atoms with Crippen LogP contribution in [0.1, 0.15) is 11.1 Å². The third kappa shape index (κ3) is 4.82. The van der Waals surface area contributed by atoms with Gasteiger partial charge in [-0.2, -0.15) is 5.26 Å². The van der Waals surface area contributed by atoms with Crippen molar-refractivity contribution in [2.75, 3.05) is 13.2 Å². The second-order valence-corrected chi connectivity index (χ2v) is 3.89. The van der Waals surface area contributed by atoms with E-state index in [-0.39, 0.29) is 13.2 Å². The van der Waals surface area contributed by atoms with Gasteiger partial charge in [0.15, 0.2) is 6.61 Å². The second-order valence-electron chi connectivity index (χ2n) is 3.89. The average Bonchev–Trinajstić information content (AvgIpc) is 2.41. The molecule has 0 bridgehead atoms.